The topological polar surface area (TPSA) is 49.4 Å². The maximum atomic E-state index is 13.1. The maximum Gasteiger partial charge on any atom is 0.242 e. The third kappa shape index (κ3) is 6.54. The molecule has 2 amide bonds. The quantitative estimate of drug-likeness (QED) is 0.588. The Morgan fingerprint density at radius 2 is 1.86 bits per heavy atom. The molecule has 6 heteroatoms. The molecule has 1 atom stereocenters. The molecule has 2 rings (SSSR count). The van der Waals surface area contributed by atoms with Crippen molar-refractivity contribution in [1.29, 1.82) is 0 Å². The van der Waals surface area contributed by atoms with Crippen molar-refractivity contribution in [2.75, 3.05) is 6.54 Å². The molecule has 0 unspecified atom stereocenters. The van der Waals surface area contributed by atoms with E-state index in [4.69, 9.17) is 23.2 Å². The number of benzene rings is 2. The Kier molecular flexibility index (Phi) is 8.81. The molecule has 0 aliphatic carbocycles. The number of carbonyl (C=O) groups excluding carboxylic acids is 2. The SMILES string of the molecule is CCCCNC(=O)[C@@H](C)N(Cc1cccc(Cl)c1)C(=O)Cc1ccccc1Cl. The van der Waals surface area contributed by atoms with Crippen molar-refractivity contribution >= 4 is 35.0 Å². The Morgan fingerprint density at radius 1 is 1.11 bits per heavy atom. The molecule has 0 saturated heterocycles. The second-order valence-electron chi connectivity index (χ2n) is 6.74. The van der Waals surface area contributed by atoms with Crippen LogP contribution in [0.3, 0.4) is 0 Å². The van der Waals surface area contributed by atoms with Gasteiger partial charge in [-0.05, 0) is 42.7 Å². The van der Waals surface area contributed by atoms with Crippen LogP contribution < -0.4 is 5.32 Å². The van der Waals surface area contributed by atoms with Crippen molar-refractivity contribution in [3.05, 3.63) is 69.7 Å². The van der Waals surface area contributed by atoms with Gasteiger partial charge >= 0.3 is 0 Å². The van der Waals surface area contributed by atoms with Gasteiger partial charge in [-0.3, -0.25) is 9.59 Å². The van der Waals surface area contributed by atoms with E-state index in [0.29, 0.717) is 23.1 Å². The summed E-state index contributed by atoms with van der Waals surface area (Å²) in [7, 11) is 0. The molecule has 28 heavy (non-hydrogen) atoms. The fourth-order valence-electron chi connectivity index (χ4n) is 2.86. The summed E-state index contributed by atoms with van der Waals surface area (Å²) in [6, 6.07) is 14.0. The van der Waals surface area contributed by atoms with Gasteiger partial charge in [-0.15, -0.1) is 0 Å². The molecule has 0 aliphatic rings. The van der Waals surface area contributed by atoms with Gasteiger partial charge in [0.25, 0.3) is 0 Å². The van der Waals surface area contributed by atoms with Crippen LogP contribution in [0.5, 0.6) is 0 Å². The van der Waals surface area contributed by atoms with Gasteiger partial charge in [0.15, 0.2) is 0 Å². The average Bonchev–Trinajstić information content (AvgIpc) is 2.67. The van der Waals surface area contributed by atoms with Crippen LogP contribution in [-0.4, -0.2) is 29.3 Å². The monoisotopic (exact) mass is 420 g/mol. The predicted molar refractivity (Wildman–Crippen MR) is 115 cm³/mol. The molecule has 0 aliphatic heterocycles. The van der Waals surface area contributed by atoms with E-state index in [1.807, 2.05) is 30.3 Å². The van der Waals surface area contributed by atoms with Gasteiger partial charge in [-0.2, -0.15) is 0 Å². The number of carbonyl (C=O) groups is 2. The van der Waals surface area contributed by atoms with Crippen LogP contribution in [0.15, 0.2) is 48.5 Å². The third-order valence-corrected chi connectivity index (χ3v) is 5.14. The number of halogens is 2. The molecular formula is C22H26Cl2N2O2. The van der Waals surface area contributed by atoms with Crippen LogP contribution in [-0.2, 0) is 22.6 Å². The fraction of sp³-hybridized carbons (Fsp3) is 0.364. The zero-order valence-corrected chi connectivity index (χ0v) is 17.8. The number of unbranched alkanes of at least 4 members (excludes halogenated alkanes) is 1. The summed E-state index contributed by atoms with van der Waals surface area (Å²) >= 11 is 12.3. The first-order valence-electron chi connectivity index (χ1n) is 9.47. The maximum absolute atomic E-state index is 13.1. The second kappa shape index (κ2) is 11.1. The predicted octanol–water partition coefficient (Wildman–Crippen LogP) is 4.87. The number of amides is 2. The lowest BCUT2D eigenvalue weighted by molar-refractivity contribution is -0.140. The van der Waals surface area contributed by atoms with Crippen LogP contribution in [0, 0.1) is 0 Å². The van der Waals surface area contributed by atoms with Gasteiger partial charge in [-0.1, -0.05) is 66.9 Å². The Morgan fingerprint density at radius 3 is 2.54 bits per heavy atom. The van der Waals surface area contributed by atoms with E-state index in [9.17, 15) is 9.59 Å². The Bertz CT molecular complexity index is 811. The second-order valence-corrected chi connectivity index (χ2v) is 7.58. The number of nitrogens with zero attached hydrogens (tertiary/aromatic N) is 1. The van der Waals surface area contributed by atoms with Crippen LogP contribution in [0.1, 0.15) is 37.8 Å². The first kappa shape index (κ1) is 22.3. The summed E-state index contributed by atoms with van der Waals surface area (Å²) in [6.07, 6.45) is 2.03. The van der Waals surface area contributed by atoms with Crippen LogP contribution in [0.4, 0.5) is 0 Å². The van der Waals surface area contributed by atoms with Crippen molar-refractivity contribution < 1.29 is 9.59 Å². The minimum atomic E-state index is -0.606. The van der Waals surface area contributed by atoms with Crippen LogP contribution in [0.2, 0.25) is 10.0 Å². The molecule has 0 saturated carbocycles. The van der Waals surface area contributed by atoms with Crippen LogP contribution in [0.25, 0.3) is 0 Å². The summed E-state index contributed by atoms with van der Waals surface area (Å²) in [6.45, 7) is 4.71. The van der Waals surface area contributed by atoms with E-state index in [1.54, 1.807) is 30.0 Å². The number of nitrogens with one attached hydrogen (secondary N) is 1. The lowest BCUT2D eigenvalue weighted by Gasteiger charge is -2.29. The van der Waals surface area contributed by atoms with E-state index in [0.717, 1.165) is 24.0 Å². The molecule has 0 fully saturated rings. The molecule has 4 nitrogen and oxygen atoms in total. The van der Waals surface area contributed by atoms with Crippen molar-refractivity contribution in [1.82, 2.24) is 10.2 Å². The summed E-state index contributed by atoms with van der Waals surface area (Å²) in [4.78, 5) is 27.2. The summed E-state index contributed by atoms with van der Waals surface area (Å²) in [5, 5.41) is 4.04. The van der Waals surface area contributed by atoms with Gasteiger partial charge in [0.1, 0.15) is 6.04 Å². The Balaban J connectivity index is 2.20. The first-order valence-corrected chi connectivity index (χ1v) is 10.2. The molecule has 0 radical (unpaired) electrons. The molecule has 2 aromatic rings. The Hall–Kier alpha value is -2.04. The van der Waals surface area contributed by atoms with Gasteiger partial charge < -0.3 is 10.2 Å². The minimum Gasteiger partial charge on any atom is -0.354 e. The molecule has 2 aromatic carbocycles. The highest BCUT2D eigenvalue weighted by Crippen LogP contribution is 2.19. The first-order chi connectivity index (χ1) is 13.4. The van der Waals surface area contributed by atoms with Gasteiger partial charge in [0.05, 0.1) is 6.42 Å². The molecular weight excluding hydrogens is 395 g/mol. The van der Waals surface area contributed by atoms with E-state index in [1.165, 1.54) is 0 Å². The van der Waals surface area contributed by atoms with Gasteiger partial charge in [0.2, 0.25) is 11.8 Å². The molecule has 150 valence electrons. The standard InChI is InChI=1S/C22H26Cl2N2O2/c1-3-4-12-25-22(28)16(2)26(15-17-8-7-10-19(23)13-17)21(27)14-18-9-5-6-11-20(18)24/h5-11,13,16H,3-4,12,14-15H2,1-2H3,(H,25,28)/t16-/m1/s1. The van der Waals surface area contributed by atoms with Crippen molar-refractivity contribution in [2.45, 2.75) is 45.7 Å². The van der Waals surface area contributed by atoms with E-state index >= 15 is 0 Å². The summed E-state index contributed by atoms with van der Waals surface area (Å²) < 4.78 is 0. The lowest BCUT2D eigenvalue weighted by atomic mass is 10.1. The highest BCUT2D eigenvalue weighted by atomic mass is 35.5. The summed E-state index contributed by atoms with van der Waals surface area (Å²) in [5.74, 6) is -0.325. The molecule has 0 spiro atoms. The molecule has 0 bridgehead atoms. The smallest absolute Gasteiger partial charge is 0.242 e. The third-order valence-electron chi connectivity index (χ3n) is 4.54. The van der Waals surface area contributed by atoms with Crippen LogP contribution >= 0.6 is 23.2 Å². The van der Waals surface area contributed by atoms with Crippen molar-refractivity contribution in [2.24, 2.45) is 0 Å². The Labute approximate surface area is 176 Å². The lowest BCUT2D eigenvalue weighted by Crippen LogP contribution is -2.48. The van der Waals surface area contributed by atoms with Gasteiger partial charge in [-0.25, -0.2) is 0 Å². The largest absolute Gasteiger partial charge is 0.354 e. The van der Waals surface area contributed by atoms with E-state index in [2.05, 4.69) is 12.2 Å². The highest BCUT2D eigenvalue weighted by molar-refractivity contribution is 6.31. The zero-order valence-electron chi connectivity index (χ0n) is 16.3. The van der Waals surface area contributed by atoms with Crippen molar-refractivity contribution in [3.63, 3.8) is 0 Å². The normalized spacial score (nSPS) is 11.7. The molecule has 0 heterocycles. The molecule has 1 N–H and O–H groups in total. The zero-order chi connectivity index (χ0) is 20.5. The van der Waals surface area contributed by atoms with Gasteiger partial charge in [0, 0.05) is 23.1 Å². The highest BCUT2D eigenvalue weighted by Gasteiger charge is 2.26. The van der Waals surface area contributed by atoms with E-state index < -0.39 is 6.04 Å². The number of hydrogen-bond donors (Lipinski definition) is 1. The summed E-state index contributed by atoms with van der Waals surface area (Å²) in [5.41, 5.74) is 1.61. The number of hydrogen-bond acceptors (Lipinski definition) is 2. The average molecular weight is 421 g/mol. The van der Waals surface area contributed by atoms with E-state index in [-0.39, 0.29) is 18.2 Å². The number of rotatable bonds is 9. The molecule has 0 aromatic heterocycles. The minimum absolute atomic E-state index is 0.132. The van der Waals surface area contributed by atoms with Crippen molar-refractivity contribution in [3.8, 4) is 0 Å². The fourth-order valence-corrected chi connectivity index (χ4v) is 3.27.